The number of nitrogens with one attached hydrogen (secondary N) is 1. The van der Waals surface area contributed by atoms with E-state index in [0.717, 1.165) is 40.9 Å². The molecule has 11 heteroatoms. The first kappa shape index (κ1) is 20.9. The average Bonchev–Trinajstić information content (AvgIpc) is 3.43. The first-order chi connectivity index (χ1) is 16.3. The van der Waals surface area contributed by atoms with E-state index in [-0.39, 0.29) is 0 Å². The van der Waals surface area contributed by atoms with Gasteiger partial charge in [-0.3, -0.25) is 9.67 Å². The lowest BCUT2D eigenvalue weighted by Crippen LogP contribution is -2.41. The summed E-state index contributed by atoms with van der Waals surface area (Å²) < 4.78 is 42.0. The molecule has 2 aliphatic rings. The molecule has 0 saturated heterocycles. The number of alkyl halides is 3. The Morgan fingerprint density at radius 3 is 2.68 bits per heavy atom. The molecule has 1 atom stereocenters. The van der Waals surface area contributed by atoms with E-state index in [1.165, 1.54) is 25.1 Å². The summed E-state index contributed by atoms with van der Waals surface area (Å²) in [6.45, 7) is 1.78. The molecule has 0 aromatic carbocycles. The second-order valence-electron chi connectivity index (χ2n) is 9.04. The van der Waals surface area contributed by atoms with Crippen molar-refractivity contribution in [1.29, 1.82) is 0 Å². The first-order valence-corrected chi connectivity index (χ1v) is 11.2. The van der Waals surface area contributed by atoms with Crippen molar-refractivity contribution in [1.82, 2.24) is 29.3 Å². The van der Waals surface area contributed by atoms with E-state index in [2.05, 4.69) is 43.1 Å². The number of nitrogens with zero attached hydrogens (tertiary/aromatic N) is 7. The molecule has 0 unspecified atom stereocenters. The Morgan fingerprint density at radius 1 is 1.09 bits per heavy atom. The molecule has 1 N–H and O–H groups in total. The molecule has 34 heavy (non-hydrogen) atoms. The molecule has 1 fully saturated rings. The van der Waals surface area contributed by atoms with Crippen LogP contribution in [0, 0.1) is 5.92 Å². The van der Waals surface area contributed by atoms with Crippen molar-refractivity contribution in [2.45, 2.75) is 44.7 Å². The topological polar surface area (TPSA) is 76.7 Å². The number of pyridine rings is 1. The van der Waals surface area contributed by atoms with Crippen LogP contribution in [0.3, 0.4) is 0 Å². The summed E-state index contributed by atoms with van der Waals surface area (Å²) in [6, 6.07) is 4.90. The van der Waals surface area contributed by atoms with Crippen LogP contribution in [0.1, 0.15) is 29.7 Å². The van der Waals surface area contributed by atoms with Gasteiger partial charge in [-0.05, 0) is 36.5 Å². The Kier molecular flexibility index (Phi) is 4.75. The van der Waals surface area contributed by atoms with E-state index in [9.17, 15) is 13.2 Å². The highest BCUT2D eigenvalue weighted by Crippen LogP contribution is 2.41. The molecule has 5 heterocycles. The highest BCUT2D eigenvalue weighted by Gasteiger charge is 2.38. The van der Waals surface area contributed by atoms with Crippen LogP contribution in [0.2, 0.25) is 0 Å². The maximum atomic E-state index is 12.7. The molecule has 4 aromatic heterocycles. The smallest absolute Gasteiger partial charge is 0.353 e. The molecule has 6 rings (SSSR count). The zero-order valence-electron chi connectivity index (χ0n) is 18.5. The fourth-order valence-electron chi connectivity index (χ4n) is 4.63. The van der Waals surface area contributed by atoms with Crippen LogP contribution in [0.15, 0.2) is 43.0 Å². The van der Waals surface area contributed by atoms with E-state index >= 15 is 0 Å². The summed E-state index contributed by atoms with van der Waals surface area (Å²) >= 11 is 0. The molecular formula is C23H23F3N8. The molecule has 1 saturated carbocycles. The summed E-state index contributed by atoms with van der Waals surface area (Å²) in [5.41, 5.74) is 2.64. The summed E-state index contributed by atoms with van der Waals surface area (Å²) in [7, 11) is 2.12. The van der Waals surface area contributed by atoms with E-state index in [0.29, 0.717) is 30.6 Å². The van der Waals surface area contributed by atoms with Crippen LogP contribution >= 0.6 is 0 Å². The Balaban J connectivity index is 1.15. The minimum absolute atomic E-state index is 0.332. The maximum absolute atomic E-state index is 12.7. The molecule has 0 bridgehead atoms. The van der Waals surface area contributed by atoms with Gasteiger partial charge in [0.05, 0.1) is 24.3 Å². The van der Waals surface area contributed by atoms with Gasteiger partial charge in [0.25, 0.3) is 0 Å². The monoisotopic (exact) mass is 468 g/mol. The molecule has 1 aliphatic carbocycles. The Bertz CT molecular complexity index is 1340. The number of hydrogen-bond donors (Lipinski definition) is 1. The Hall–Kier alpha value is -3.63. The van der Waals surface area contributed by atoms with Gasteiger partial charge in [-0.15, -0.1) is 0 Å². The number of halogens is 3. The van der Waals surface area contributed by atoms with Gasteiger partial charge >= 0.3 is 6.18 Å². The van der Waals surface area contributed by atoms with Gasteiger partial charge in [-0.25, -0.2) is 4.98 Å². The van der Waals surface area contributed by atoms with Crippen molar-refractivity contribution in [3.63, 3.8) is 0 Å². The SMILES string of the molecule is CN1c2nc(NCc3cnn(Cc4ccc(C(F)(F)F)nc4)c3)nc3ccn(c23)C[C@@H]1C1CC1. The summed E-state index contributed by atoms with van der Waals surface area (Å²) in [4.78, 5) is 15.3. The van der Waals surface area contributed by atoms with E-state index in [1.54, 1.807) is 10.9 Å². The fraction of sp³-hybridized carbons (Fsp3) is 0.391. The predicted molar refractivity (Wildman–Crippen MR) is 120 cm³/mol. The lowest BCUT2D eigenvalue weighted by molar-refractivity contribution is -0.141. The largest absolute Gasteiger partial charge is 0.433 e. The van der Waals surface area contributed by atoms with Gasteiger partial charge in [0.1, 0.15) is 11.2 Å². The van der Waals surface area contributed by atoms with E-state index in [1.807, 2.05) is 12.3 Å². The van der Waals surface area contributed by atoms with Gasteiger partial charge in [-0.2, -0.15) is 23.3 Å². The number of rotatable bonds is 6. The van der Waals surface area contributed by atoms with Crippen molar-refractivity contribution in [2.75, 3.05) is 17.3 Å². The lowest BCUT2D eigenvalue weighted by atomic mass is 10.1. The highest BCUT2D eigenvalue weighted by atomic mass is 19.4. The van der Waals surface area contributed by atoms with Gasteiger partial charge in [0.2, 0.25) is 5.95 Å². The van der Waals surface area contributed by atoms with Crippen molar-refractivity contribution in [3.05, 3.63) is 59.8 Å². The summed E-state index contributed by atoms with van der Waals surface area (Å²) in [5.74, 6) is 2.24. The van der Waals surface area contributed by atoms with Gasteiger partial charge in [0.15, 0.2) is 5.82 Å². The quantitative estimate of drug-likeness (QED) is 0.462. The van der Waals surface area contributed by atoms with Crippen LogP contribution in [0.4, 0.5) is 24.9 Å². The number of hydrogen-bond acceptors (Lipinski definition) is 6. The minimum atomic E-state index is -4.44. The van der Waals surface area contributed by atoms with Crippen LogP contribution in [0.25, 0.3) is 11.0 Å². The molecule has 176 valence electrons. The van der Waals surface area contributed by atoms with Crippen molar-refractivity contribution in [2.24, 2.45) is 5.92 Å². The average molecular weight is 468 g/mol. The number of likely N-dealkylation sites (N-methyl/N-ethyl adjacent to an activating group) is 1. The Morgan fingerprint density at radius 2 is 1.94 bits per heavy atom. The second-order valence-corrected chi connectivity index (χ2v) is 9.04. The highest BCUT2D eigenvalue weighted by molar-refractivity contribution is 5.89. The second kappa shape index (κ2) is 7.71. The predicted octanol–water partition coefficient (Wildman–Crippen LogP) is 3.93. The van der Waals surface area contributed by atoms with Crippen LogP contribution in [-0.4, -0.2) is 42.4 Å². The molecule has 8 nitrogen and oxygen atoms in total. The zero-order valence-corrected chi connectivity index (χ0v) is 18.5. The van der Waals surface area contributed by atoms with Crippen molar-refractivity contribution >= 4 is 22.8 Å². The zero-order chi connectivity index (χ0) is 23.4. The third-order valence-electron chi connectivity index (χ3n) is 6.57. The molecule has 0 spiro atoms. The van der Waals surface area contributed by atoms with Gasteiger partial charge in [-0.1, -0.05) is 6.07 Å². The van der Waals surface area contributed by atoms with Gasteiger partial charge in [0, 0.05) is 44.3 Å². The van der Waals surface area contributed by atoms with Crippen LogP contribution < -0.4 is 10.2 Å². The first-order valence-electron chi connectivity index (χ1n) is 11.2. The fourth-order valence-corrected chi connectivity index (χ4v) is 4.63. The van der Waals surface area contributed by atoms with Crippen LogP contribution in [-0.2, 0) is 25.8 Å². The maximum Gasteiger partial charge on any atom is 0.433 e. The molecule has 4 aromatic rings. The third-order valence-corrected chi connectivity index (χ3v) is 6.57. The standard InChI is InChI=1S/C23H23F3N8/c1-32-18(16-3-4-16)13-33-7-6-17-20(33)21(32)31-22(30-17)28-9-15-10-29-34(12-15)11-14-2-5-19(27-8-14)23(24,25)26/h2,5-8,10,12,16,18H,3-4,9,11,13H2,1H3,(H,28,30,31)/t18-/m1/s1. The van der Waals surface area contributed by atoms with E-state index < -0.39 is 11.9 Å². The molecular weight excluding hydrogens is 445 g/mol. The number of anilines is 2. The molecule has 0 amide bonds. The van der Waals surface area contributed by atoms with Crippen molar-refractivity contribution in [3.8, 4) is 0 Å². The van der Waals surface area contributed by atoms with E-state index in [4.69, 9.17) is 4.98 Å². The van der Waals surface area contributed by atoms with Gasteiger partial charge < -0.3 is 14.8 Å². The summed E-state index contributed by atoms with van der Waals surface area (Å²) in [6.07, 6.45) is 5.00. The normalized spacial score (nSPS) is 18.0. The molecule has 1 aliphatic heterocycles. The van der Waals surface area contributed by atoms with Crippen LogP contribution in [0.5, 0.6) is 0 Å². The number of aromatic nitrogens is 6. The molecule has 0 radical (unpaired) electrons. The lowest BCUT2D eigenvalue weighted by Gasteiger charge is -2.34. The van der Waals surface area contributed by atoms with Crippen molar-refractivity contribution < 1.29 is 13.2 Å². The third kappa shape index (κ3) is 3.84. The Labute approximate surface area is 193 Å². The minimum Gasteiger partial charge on any atom is -0.353 e. The summed E-state index contributed by atoms with van der Waals surface area (Å²) in [5, 5.41) is 7.61.